The Morgan fingerprint density at radius 1 is 1.13 bits per heavy atom. The normalized spacial score (nSPS) is 11.9. The van der Waals surface area contributed by atoms with Gasteiger partial charge in [0, 0.05) is 44.5 Å². The van der Waals surface area contributed by atoms with Gasteiger partial charge in [-0.15, -0.1) is 0 Å². The number of aliphatic carboxylic acids is 1. The summed E-state index contributed by atoms with van der Waals surface area (Å²) < 4.78 is 39.6. The maximum absolute atomic E-state index is 13.2. The van der Waals surface area contributed by atoms with Crippen molar-refractivity contribution in [2.45, 2.75) is 38.9 Å². The van der Waals surface area contributed by atoms with Gasteiger partial charge in [0.05, 0.1) is 17.8 Å². The molecule has 0 saturated heterocycles. The second-order valence-corrected chi connectivity index (χ2v) is 8.51. The lowest BCUT2D eigenvalue weighted by Gasteiger charge is -2.23. The number of aromatic nitrogens is 3. The highest BCUT2D eigenvalue weighted by atomic mass is 19.4. The molecular weight excluding hydrogens is 515 g/mol. The monoisotopic (exact) mass is 545 g/mol. The molecule has 3 aromatic rings. The van der Waals surface area contributed by atoms with Gasteiger partial charge in [0.2, 0.25) is 12.4 Å². The van der Waals surface area contributed by atoms with E-state index < -0.39 is 24.6 Å². The number of carboxylic acids is 1. The van der Waals surface area contributed by atoms with Crippen LogP contribution < -0.4 is 20.4 Å². The molecule has 0 fully saturated rings. The van der Waals surface area contributed by atoms with E-state index in [1.54, 1.807) is 54.5 Å². The average Bonchev–Trinajstić information content (AvgIpc) is 2.91. The topological polar surface area (TPSA) is 124 Å². The molecule has 3 rings (SSSR count). The standard InChI is InChI=1S/C26H30F3N7O3/c1-4-35(5-2)25-32-15-18(14-26(27,28)29)22(34-25)33-21(24(38)39)13-17-8-10-19(11-9-17)36(16-37)23-20(30-3)7-6-12-31-23/h6-12,15-16,21,30H,4-5,13-14H2,1-3H3,(H,38,39)(H,32,33,34). The number of halogens is 3. The van der Waals surface area contributed by atoms with E-state index in [0.29, 0.717) is 42.3 Å². The first-order chi connectivity index (χ1) is 18.6. The number of hydrogen-bond donors (Lipinski definition) is 3. The number of carboxylic acid groups (broad SMARTS) is 1. The molecule has 0 saturated carbocycles. The van der Waals surface area contributed by atoms with Crippen LogP contribution in [0.15, 0.2) is 48.8 Å². The third kappa shape index (κ3) is 7.55. The average molecular weight is 546 g/mol. The minimum atomic E-state index is -4.53. The summed E-state index contributed by atoms with van der Waals surface area (Å²) in [7, 11) is 1.70. The number of nitrogens with one attached hydrogen (secondary N) is 2. The minimum absolute atomic E-state index is 0.0574. The fraction of sp³-hybridized carbons (Fsp3) is 0.346. The fourth-order valence-electron chi connectivity index (χ4n) is 3.94. The summed E-state index contributed by atoms with van der Waals surface area (Å²) in [6.07, 6.45) is -2.65. The van der Waals surface area contributed by atoms with E-state index in [1.807, 2.05) is 13.8 Å². The lowest BCUT2D eigenvalue weighted by molar-refractivity contribution is -0.137. The summed E-state index contributed by atoms with van der Waals surface area (Å²) in [5, 5.41) is 15.5. The Kier molecular flexibility index (Phi) is 9.63. The largest absolute Gasteiger partial charge is 0.480 e. The highest BCUT2D eigenvalue weighted by molar-refractivity contribution is 5.89. The number of benzene rings is 1. The molecule has 13 heteroatoms. The van der Waals surface area contributed by atoms with Crippen molar-refractivity contribution >= 4 is 41.3 Å². The van der Waals surface area contributed by atoms with Gasteiger partial charge in [-0.3, -0.25) is 9.69 Å². The maximum atomic E-state index is 13.2. The molecular formula is C26H30F3N7O3. The maximum Gasteiger partial charge on any atom is 0.393 e. The Morgan fingerprint density at radius 3 is 2.38 bits per heavy atom. The molecule has 0 aliphatic rings. The molecule has 39 heavy (non-hydrogen) atoms. The first-order valence-electron chi connectivity index (χ1n) is 12.2. The van der Waals surface area contributed by atoms with Gasteiger partial charge in [-0.1, -0.05) is 12.1 Å². The van der Waals surface area contributed by atoms with Crippen LogP contribution in [0.4, 0.5) is 42.1 Å². The molecule has 3 N–H and O–H groups in total. The Morgan fingerprint density at radius 2 is 1.82 bits per heavy atom. The van der Waals surface area contributed by atoms with Gasteiger partial charge < -0.3 is 20.6 Å². The van der Waals surface area contributed by atoms with Crippen molar-refractivity contribution in [3.8, 4) is 0 Å². The molecule has 0 radical (unpaired) electrons. The summed E-state index contributed by atoms with van der Waals surface area (Å²) in [5.74, 6) is -0.860. The number of alkyl halides is 3. The van der Waals surface area contributed by atoms with Crippen molar-refractivity contribution in [2.75, 3.05) is 40.6 Å². The zero-order chi connectivity index (χ0) is 28.6. The number of pyridine rings is 1. The molecule has 1 atom stereocenters. The van der Waals surface area contributed by atoms with Crippen molar-refractivity contribution in [2.24, 2.45) is 0 Å². The van der Waals surface area contributed by atoms with Crippen LogP contribution >= 0.6 is 0 Å². The van der Waals surface area contributed by atoms with Crippen molar-refractivity contribution in [1.82, 2.24) is 15.0 Å². The van der Waals surface area contributed by atoms with Crippen LogP contribution in [0.3, 0.4) is 0 Å². The predicted octanol–water partition coefficient (Wildman–Crippen LogP) is 4.27. The highest BCUT2D eigenvalue weighted by Gasteiger charge is 2.31. The molecule has 0 aliphatic heterocycles. The third-order valence-electron chi connectivity index (χ3n) is 5.94. The van der Waals surface area contributed by atoms with Gasteiger partial charge in [0.25, 0.3) is 0 Å². The Balaban J connectivity index is 1.87. The smallest absolute Gasteiger partial charge is 0.393 e. The van der Waals surface area contributed by atoms with Gasteiger partial charge in [-0.2, -0.15) is 18.2 Å². The van der Waals surface area contributed by atoms with E-state index in [-0.39, 0.29) is 23.8 Å². The Labute approximate surface area is 223 Å². The van der Waals surface area contributed by atoms with E-state index in [9.17, 15) is 27.9 Å². The number of hydrogen-bond acceptors (Lipinski definition) is 8. The molecule has 2 aromatic heterocycles. The van der Waals surface area contributed by atoms with E-state index in [2.05, 4.69) is 25.6 Å². The third-order valence-corrected chi connectivity index (χ3v) is 5.94. The quantitative estimate of drug-likeness (QED) is 0.270. The van der Waals surface area contributed by atoms with Gasteiger partial charge in [-0.25, -0.2) is 14.8 Å². The first-order valence-corrected chi connectivity index (χ1v) is 12.2. The van der Waals surface area contributed by atoms with Crippen LogP contribution in [0.1, 0.15) is 25.0 Å². The van der Waals surface area contributed by atoms with Crippen LogP contribution in [-0.4, -0.2) is 64.8 Å². The molecule has 208 valence electrons. The number of carbonyl (C=O) groups is 2. The number of nitrogens with zero attached hydrogens (tertiary/aromatic N) is 5. The SMILES string of the molecule is CCN(CC)c1ncc(CC(F)(F)F)c(NC(Cc2ccc(N(C=O)c3ncccc3NC)cc2)C(=O)O)n1. The molecule has 0 aliphatic carbocycles. The summed E-state index contributed by atoms with van der Waals surface area (Å²) in [4.78, 5) is 39.6. The van der Waals surface area contributed by atoms with Gasteiger partial charge in [0.1, 0.15) is 11.9 Å². The van der Waals surface area contributed by atoms with Crippen molar-refractivity contribution in [3.05, 3.63) is 59.9 Å². The zero-order valence-corrected chi connectivity index (χ0v) is 21.7. The van der Waals surface area contributed by atoms with Crippen LogP contribution in [0.2, 0.25) is 0 Å². The second kappa shape index (κ2) is 12.9. The predicted molar refractivity (Wildman–Crippen MR) is 143 cm³/mol. The van der Waals surface area contributed by atoms with E-state index in [4.69, 9.17) is 0 Å². The van der Waals surface area contributed by atoms with E-state index in [1.165, 1.54) is 4.90 Å². The lowest BCUT2D eigenvalue weighted by atomic mass is 10.0. The summed E-state index contributed by atoms with van der Waals surface area (Å²) in [5.41, 5.74) is 1.45. The van der Waals surface area contributed by atoms with Crippen molar-refractivity contribution in [1.29, 1.82) is 0 Å². The van der Waals surface area contributed by atoms with Crippen LogP contribution in [0, 0.1) is 0 Å². The first kappa shape index (κ1) is 29.1. The van der Waals surface area contributed by atoms with Crippen LogP contribution in [0.5, 0.6) is 0 Å². The lowest BCUT2D eigenvalue weighted by Crippen LogP contribution is -2.33. The second-order valence-electron chi connectivity index (χ2n) is 8.51. The minimum Gasteiger partial charge on any atom is -0.480 e. The van der Waals surface area contributed by atoms with E-state index >= 15 is 0 Å². The molecule has 10 nitrogen and oxygen atoms in total. The fourth-order valence-corrected chi connectivity index (χ4v) is 3.94. The van der Waals surface area contributed by atoms with Crippen molar-refractivity contribution < 1.29 is 27.9 Å². The summed E-state index contributed by atoms with van der Waals surface area (Å²) in [6, 6.07) is 8.76. The molecule has 1 aromatic carbocycles. The molecule has 0 spiro atoms. The van der Waals surface area contributed by atoms with Crippen molar-refractivity contribution in [3.63, 3.8) is 0 Å². The summed E-state index contributed by atoms with van der Waals surface area (Å²) in [6.45, 7) is 4.75. The number of carbonyl (C=O) groups excluding carboxylic acids is 1. The molecule has 1 unspecified atom stereocenters. The van der Waals surface area contributed by atoms with Gasteiger partial charge in [-0.05, 0) is 43.7 Å². The molecule has 0 bridgehead atoms. The summed E-state index contributed by atoms with van der Waals surface area (Å²) >= 11 is 0. The molecule has 2 heterocycles. The zero-order valence-electron chi connectivity index (χ0n) is 21.7. The number of amides is 1. The van der Waals surface area contributed by atoms with Gasteiger partial charge in [0.15, 0.2) is 5.82 Å². The molecule has 1 amide bonds. The Hall–Kier alpha value is -4.42. The Bertz CT molecular complexity index is 1270. The van der Waals surface area contributed by atoms with Gasteiger partial charge >= 0.3 is 12.1 Å². The van der Waals surface area contributed by atoms with Crippen LogP contribution in [-0.2, 0) is 22.4 Å². The number of rotatable bonds is 13. The highest BCUT2D eigenvalue weighted by Crippen LogP contribution is 2.29. The van der Waals surface area contributed by atoms with Crippen LogP contribution in [0.25, 0.3) is 0 Å². The number of anilines is 5. The van der Waals surface area contributed by atoms with E-state index in [0.717, 1.165) is 6.20 Å².